The number of hydrogen-bond donors (Lipinski definition) is 0. The fourth-order valence-corrected chi connectivity index (χ4v) is 4.39. The average Bonchev–Trinajstić information content (AvgIpc) is 3.29. The lowest BCUT2D eigenvalue weighted by molar-refractivity contribution is 0.00578. The quantitative estimate of drug-likeness (QED) is 0.366. The number of aromatic nitrogens is 4. The minimum atomic E-state index is -0.692. The molecule has 1 saturated heterocycles. The van der Waals surface area contributed by atoms with Gasteiger partial charge in [-0.3, -0.25) is 4.57 Å². The van der Waals surface area contributed by atoms with Gasteiger partial charge in [0, 0.05) is 16.3 Å². The monoisotopic (exact) mass is 448 g/mol. The summed E-state index contributed by atoms with van der Waals surface area (Å²) in [5.41, 5.74) is 2.45. The average molecular weight is 448 g/mol. The summed E-state index contributed by atoms with van der Waals surface area (Å²) in [7, 11) is -0.692. The van der Waals surface area contributed by atoms with Gasteiger partial charge in [0.2, 0.25) is 5.95 Å². The molecule has 0 radical (unpaired) electrons. The molecule has 1 fully saturated rings. The van der Waals surface area contributed by atoms with Crippen molar-refractivity contribution in [1.29, 1.82) is 0 Å². The van der Waals surface area contributed by atoms with Gasteiger partial charge in [0.15, 0.2) is 11.5 Å². The van der Waals surface area contributed by atoms with Crippen molar-refractivity contribution in [2.45, 2.75) is 38.9 Å². The molecule has 7 heteroatoms. The molecule has 0 aliphatic carbocycles. The summed E-state index contributed by atoms with van der Waals surface area (Å²) in [6.45, 7) is 8.11. The molecule has 1 aliphatic heterocycles. The highest BCUT2D eigenvalue weighted by atomic mass is 16.7. The zero-order chi connectivity index (χ0) is 23.5. The van der Waals surface area contributed by atoms with Gasteiger partial charge in [0.25, 0.3) is 0 Å². The predicted molar refractivity (Wildman–Crippen MR) is 135 cm³/mol. The molecule has 5 aromatic rings. The number of para-hydroxylation sites is 2. The number of hydrogen-bond acceptors (Lipinski definition) is 5. The van der Waals surface area contributed by atoms with Crippen LogP contribution in [0.4, 0.5) is 0 Å². The van der Waals surface area contributed by atoms with Gasteiger partial charge in [-0.1, -0.05) is 66.7 Å². The summed E-state index contributed by atoms with van der Waals surface area (Å²) >= 11 is 0. The number of fused-ring (bicyclic) bond motifs is 3. The van der Waals surface area contributed by atoms with E-state index in [1.165, 1.54) is 0 Å². The third-order valence-corrected chi connectivity index (χ3v) is 6.92. The second-order valence-corrected chi connectivity index (χ2v) is 9.64. The van der Waals surface area contributed by atoms with Gasteiger partial charge < -0.3 is 9.31 Å². The minimum absolute atomic E-state index is 0.462. The molecule has 168 valence electrons. The molecule has 2 aromatic heterocycles. The fraction of sp³-hybridized carbons (Fsp3) is 0.222. The second kappa shape index (κ2) is 7.48. The van der Waals surface area contributed by atoms with E-state index in [1.54, 1.807) is 0 Å². The molecule has 0 spiro atoms. The van der Waals surface area contributed by atoms with E-state index in [0.29, 0.717) is 17.5 Å². The van der Waals surface area contributed by atoms with E-state index >= 15 is 0 Å². The lowest BCUT2D eigenvalue weighted by Gasteiger charge is -2.32. The highest BCUT2D eigenvalue weighted by Gasteiger charge is 2.53. The third-order valence-electron chi connectivity index (χ3n) is 6.92. The van der Waals surface area contributed by atoms with Crippen molar-refractivity contribution in [1.82, 2.24) is 19.5 Å². The van der Waals surface area contributed by atoms with Crippen LogP contribution in [0.3, 0.4) is 0 Å². The standard InChI is InChI=1S/C27H25BN4O2/c1-26(2)27(3,4)34-28(33-26)24-29-23(18-12-6-5-7-13-18)30-25(31-24)32-21-16-10-8-14-19(21)20-15-9-11-17-22(20)32/h5-17H,1-4H3. The molecule has 1 aliphatic rings. The van der Waals surface area contributed by atoms with Crippen LogP contribution in [0.15, 0.2) is 78.9 Å². The van der Waals surface area contributed by atoms with Crippen molar-refractivity contribution >= 4 is 34.6 Å². The molecule has 3 heterocycles. The van der Waals surface area contributed by atoms with Crippen LogP contribution in [0, 0.1) is 0 Å². The van der Waals surface area contributed by atoms with Gasteiger partial charge in [-0.05, 0) is 39.8 Å². The molecule has 0 saturated carbocycles. The maximum absolute atomic E-state index is 6.30. The van der Waals surface area contributed by atoms with Crippen LogP contribution >= 0.6 is 0 Å². The van der Waals surface area contributed by atoms with Crippen LogP contribution in [-0.4, -0.2) is 37.8 Å². The van der Waals surface area contributed by atoms with Crippen molar-refractivity contribution in [2.75, 3.05) is 0 Å². The molecule has 34 heavy (non-hydrogen) atoms. The molecule has 6 rings (SSSR count). The summed E-state index contributed by atoms with van der Waals surface area (Å²) in [6.07, 6.45) is 0. The van der Waals surface area contributed by atoms with Crippen molar-refractivity contribution in [3.8, 4) is 17.3 Å². The summed E-state index contributed by atoms with van der Waals surface area (Å²) in [6, 6.07) is 26.6. The first-order valence-corrected chi connectivity index (χ1v) is 11.5. The Bertz CT molecular complexity index is 1460. The highest BCUT2D eigenvalue weighted by Crippen LogP contribution is 2.36. The Hall–Kier alpha value is -3.55. The van der Waals surface area contributed by atoms with E-state index in [2.05, 4.69) is 41.0 Å². The van der Waals surface area contributed by atoms with E-state index < -0.39 is 18.3 Å². The number of nitrogens with zero attached hydrogens (tertiary/aromatic N) is 4. The van der Waals surface area contributed by atoms with Crippen LogP contribution in [0.5, 0.6) is 0 Å². The lowest BCUT2D eigenvalue weighted by atomic mass is 9.89. The topological polar surface area (TPSA) is 62.1 Å². The van der Waals surface area contributed by atoms with Crippen molar-refractivity contribution < 1.29 is 9.31 Å². The minimum Gasteiger partial charge on any atom is -0.397 e. The molecule has 0 unspecified atom stereocenters. The van der Waals surface area contributed by atoms with E-state index in [4.69, 9.17) is 24.3 Å². The Kier molecular flexibility index (Phi) is 4.63. The van der Waals surface area contributed by atoms with Crippen LogP contribution in [0.2, 0.25) is 0 Å². The summed E-state index contributed by atoms with van der Waals surface area (Å²) < 4.78 is 14.7. The summed E-state index contributed by atoms with van der Waals surface area (Å²) in [4.78, 5) is 14.6. The molecular formula is C27H25BN4O2. The first-order chi connectivity index (χ1) is 16.3. The Morgan fingerprint density at radius 1 is 0.647 bits per heavy atom. The predicted octanol–water partition coefficient (Wildman–Crippen LogP) is 4.93. The molecule has 0 amide bonds. The van der Waals surface area contributed by atoms with Crippen molar-refractivity contribution in [2.24, 2.45) is 0 Å². The maximum Gasteiger partial charge on any atom is 0.534 e. The molecule has 0 bridgehead atoms. The molecule has 3 aromatic carbocycles. The van der Waals surface area contributed by atoms with Crippen LogP contribution in [0.1, 0.15) is 27.7 Å². The largest absolute Gasteiger partial charge is 0.534 e. The van der Waals surface area contributed by atoms with Gasteiger partial charge in [-0.25, -0.2) is 9.97 Å². The fourth-order valence-electron chi connectivity index (χ4n) is 4.39. The summed E-state index contributed by atoms with van der Waals surface area (Å²) in [5.74, 6) is 1.12. The first kappa shape index (κ1) is 21.0. The van der Waals surface area contributed by atoms with Gasteiger partial charge >= 0.3 is 7.12 Å². The Labute approximate surface area is 198 Å². The van der Waals surface area contributed by atoms with Crippen LogP contribution < -0.4 is 5.72 Å². The van der Waals surface area contributed by atoms with E-state index in [9.17, 15) is 0 Å². The van der Waals surface area contributed by atoms with Crippen LogP contribution in [-0.2, 0) is 9.31 Å². The first-order valence-electron chi connectivity index (χ1n) is 11.5. The van der Waals surface area contributed by atoms with Crippen LogP contribution in [0.25, 0.3) is 39.1 Å². The van der Waals surface area contributed by atoms with Crippen molar-refractivity contribution in [3.63, 3.8) is 0 Å². The summed E-state index contributed by atoms with van der Waals surface area (Å²) in [5, 5.41) is 2.30. The van der Waals surface area contributed by atoms with Gasteiger partial charge in [-0.15, -0.1) is 0 Å². The van der Waals surface area contributed by atoms with E-state index in [0.717, 1.165) is 27.4 Å². The van der Waals surface area contributed by atoms with E-state index in [1.807, 2.05) is 70.2 Å². The SMILES string of the molecule is CC1(C)OB(c2nc(-c3ccccc3)nc(-n3c4ccccc4c4ccccc43)n2)OC1(C)C. The molecule has 6 nitrogen and oxygen atoms in total. The zero-order valence-electron chi connectivity index (χ0n) is 19.7. The van der Waals surface area contributed by atoms with E-state index in [-0.39, 0.29) is 0 Å². The number of benzene rings is 3. The van der Waals surface area contributed by atoms with Crippen molar-refractivity contribution in [3.05, 3.63) is 78.9 Å². The lowest BCUT2D eigenvalue weighted by Crippen LogP contribution is -2.41. The zero-order valence-corrected chi connectivity index (χ0v) is 19.7. The molecular weight excluding hydrogens is 423 g/mol. The molecule has 0 atom stereocenters. The Morgan fingerprint density at radius 2 is 1.18 bits per heavy atom. The maximum atomic E-state index is 6.30. The second-order valence-electron chi connectivity index (χ2n) is 9.64. The molecule has 0 N–H and O–H groups in total. The van der Waals surface area contributed by atoms with Gasteiger partial charge in [0.05, 0.1) is 22.2 Å². The normalized spacial score (nSPS) is 17.0. The number of rotatable bonds is 3. The van der Waals surface area contributed by atoms with Gasteiger partial charge in [0.1, 0.15) is 0 Å². The Morgan fingerprint density at radius 3 is 1.76 bits per heavy atom. The Balaban J connectivity index is 1.61. The van der Waals surface area contributed by atoms with Gasteiger partial charge in [-0.2, -0.15) is 4.98 Å². The third kappa shape index (κ3) is 3.23. The highest BCUT2D eigenvalue weighted by molar-refractivity contribution is 6.60. The smallest absolute Gasteiger partial charge is 0.397 e.